The first-order chi connectivity index (χ1) is 11.5. The third-order valence-electron chi connectivity index (χ3n) is 4.13. The lowest BCUT2D eigenvalue weighted by molar-refractivity contribution is 0.0730. The molecule has 1 amide bonds. The summed E-state index contributed by atoms with van der Waals surface area (Å²) >= 11 is 0. The van der Waals surface area contributed by atoms with E-state index in [0.717, 1.165) is 24.8 Å². The van der Waals surface area contributed by atoms with Gasteiger partial charge in [0.25, 0.3) is 5.91 Å². The van der Waals surface area contributed by atoms with Crippen molar-refractivity contribution in [3.8, 4) is 0 Å². The number of morpholine rings is 1. The van der Waals surface area contributed by atoms with Crippen molar-refractivity contribution >= 4 is 15.9 Å². The first-order valence-corrected chi connectivity index (χ1v) is 9.87. The molecule has 0 aliphatic carbocycles. The summed E-state index contributed by atoms with van der Waals surface area (Å²) in [5.41, 5.74) is 1.18. The molecule has 0 aromatic heterocycles. The summed E-state index contributed by atoms with van der Waals surface area (Å²) in [6.07, 6.45) is 3.07. The lowest BCUT2D eigenvalue weighted by Gasteiger charge is -2.26. The second-order valence-corrected chi connectivity index (χ2v) is 7.89. The van der Waals surface area contributed by atoms with Crippen LogP contribution in [-0.4, -0.2) is 51.5 Å². The molecule has 0 spiro atoms. The van der Waals surface area contributed by atoms with Crippen LogP contribution in [0.15, 0.2) is 23.1 Å². The van der Waals surface area contributed by atoms with Crippen LogP contribution >= 0.6 is 0 Å². The van der Waals surface area contributed by atoms with Gasteiger partial charge in [0.05, 0.1) is 18.1 Å². The fourth-order valence-corrected chi connectivity index (χ4v) is 4.05. The molecule has 1 aromatic carbocycles. The molecule has 2 rings (SSSR count). The van der Waals surface area contributed by atoms with E-state index in [-0.39, 0.29) is 10.8 Å². The molecule has 1 heterocycles. The fourth-order valence-electron chi connectivity index (χ4n) is 2.61. The molecule has 7 heteroatoms. The molecule has 134 valence electrons. The maximum Gasteiger partial charge on any atom is 0.251 e. The van der Waals surface area contributed by atoms with Crippen LogP contribution in [0.2, 0.25) is 0 Å². The molecule has 1 aliphatic heterocycles. The highest BCUT2D eigenvalue weighted by molar-refractivity contribution is 7.89. The summed E-state index contributed by atoms with van der Waals surface area (Å²) < 4.78 is 32.0. The Hall–Kier alpha value is -1.44. The van der Waals surface area contributed by atoms with Crippen molar-refractivity contribution in [2.24, 2.45) is 0 Å². The molecule has 0 bridgehead atoms. The molecule has 0 saturated carbocycles. The minimum absolute atomic E-state index is 0.161. The standard InChI is InChI=1S/C17H26N2O4S/c1-3-4-5-8-18-17(20)16-13-15(7-6-14(16)2)24(21,22)19-9-11-23-12-10-19/h6-7,13H,3-5,8-12H2,1-2H3,(H,18,20). The summed E-state index contributed by atoms with van der Waals surface area (Å²) in [5, 5.41) is 2.87. The minimum atomic E-state index is -3.59. The molecule has 1 saturated heterocycles. The summed E-state index contributed by atoms with van der Waals surface area (Å²) in [7, 11) is -3.59. The van der Waals surface area contributed by atoms with Crippen molar-refractivity contribution < 1.29 is 17.9 Å². The Morgan fingerprint density at radius 2 is 1.96 bits per heavy atom. The molecule has 1 fully saturated rings. The van der Waals surface area contributed by atoms with E-state index in [0.29, 0.717) is 38.4 Å². The first-order valence-electron chi connectivity index (χ1n) is 8.43. The zero-order valence-corrected chi connectivity index (χ0v) is 15.2. The molecule has 24 heavy (non-hydrogen) atoms. The number of aryl methyl sites for hydroxylation is 1. The molecule has 0 atom stereocenters. The minimum Gasteiger partial charge on any atom is -0.379 e. The summed E-state index contributed by atoms with van der Waals surface area (Å²) in [6.45, 7) is 6.00. The highest BCUT2D eigenvalue weighted by atomic mass is 32.2. The second-order valence-electron chi connectivity index (χ2n) is 5.96. The normalized spacial score (nSPS) is 16.1. The van der Waals surface area contributed by atoms with Crippen LogP contribution in [0.1, 0.15) is 42.1 Å². The topological polar surface area (TPSA) is 75.7 Å². The van der Waals surface area contributed by atoms with Crippen molar-refractivity contribution in [1.82, 2.24) is 9.62 Å². The Kier molecular flexibility index (Phi) is 6.77. The number of nitrogens with one attached hydrogen (secondary N) is 1. The molecule has 0 radical (unpaired) electrons. The van der Waals surface area contributed by atoms with Gasteiger partial charge in [-0.05, 0) is 31.0 Å². The third-order valence-corrected chi connectivity index (χ3v) is 6.02. The van der Waals surface area contributed by atoms with E-state index in [1.807, 2.05) is 6.92 Å². The third kappa shape index (κ3) is 4.55. The van der Waals surface area contributed by atoms with Gasteiger partial charge in [-0.2, -0.15) is 4.31 Å². The number of unbranched alkanes of at least 4 members (excludes halogenated alkanes) is 2. The highest BCUT2D eigenvalue weighted by Crippen LogP contribution is 2.20. The Balaban J connectivity index is 2.16. The smallest absolute Gasteiger partial charge is 0.251 e. The van der Waals surface area contributed by atoms with E-state index in [1.54, 1.807) is 12.1 Å². The Bertz CT molecular complexity index is 667. The number of amides is 1. The van der Waals surface area contributed by atoms with E-state index < -0.39 is 10.0 Å². The zero-order valence-electron chi connectivity index (χ0n) is 14.4. The first kappa shape index (κ1) is 18.9. The largest absolute Gasteiger partial charge is 0.379 e. The molecular weight excluding hydrogens is 328 g/mol. The van der Waals surface area contributed by atoms with Crippen LogP contribution in [0.5, 0.6) is 0 Å². The van der Waals surface area contributed by atoms with E-state index >= 15 is 0 Å². The van der Waals surface area contributed by atoms with Gasteiger partial charge in [-0.3, -0.25) is 4.79 Å². The molecule has 6 nitrogen and oxygen atoms in total. The maximum atomic E-state index is 12.7. The lowest BCUT2D eigenvalue weighted by Crippen LogP contribution is -2.40. The number of hydrogen-bond acceptors (Lipinski definition) is 4. The molecule has 1 N–H and O–H groups in total. The highest BCUT2D eigenvalue weighted by Gasteiger charge is 2.27. The SMILES string of the molecule is CCCCCNC(=O)c1cc(S(=O)(=O)N2CCOCC2)ccc1C. The number of carbonyl (C=O) groups excluding carboxylic acids is 1. The molecule has 1 aliphatic rings. The van der Waals surface area contributed by atoms with Gasteiger partial charge < -0.3 is 10.1 Å². The Morgan fingerprint density at radius 3 is 2.62 bits per heavy atom. The van der Waals surface area contributed by atoms with E-state index in [4.69, 9.17) is 4.74 Å². The van der Waals surface area contributed by atoms with Crippen molar-refractivity contribution in [2.45, 2.75) is 38.0 Å². The summed E-state index contributed by atoms with van der Waals surface area (Å²) in [6, 6.07) is 4.73. The second kappa shape index (κ2) is 8.60. The van der Waals surface area contributed by atoms with Crippen LogP contribution in [0, 0.1) is 6.92 Å². The Morgan fingerprint density at radius 1 is 1.25 bits per heavy atom. The van der Waals surface area contributed by atoms with E-state index in [9.17, 15) is 13.2 Å². The number of hydrogen-bond donors (Lipinski definition) is 1. The van der Waals surface area contributed by atoms with Gasteiger partial charge in [0.2, 0.25) is 10.0 Å². The van der Waals surface area contributed by atoms with Gasteiger partial charge in [-0.25, -0.2) is 8.42 Å². The number of nitrogens with zero attached hydrogens (tertiary/aromatic N) is 1. The van der Waals surface area contributed by atoms with Gasteiger partial charge >= 0.3 is 0 Å². The maximum absolute atomic E-state index is 12.7. The monoisotopic (exact) mass is 354 g/mol. The van der Waals surface area contributed by atoms with Crippen LogP contribution in [0.3, 0.4) is 0 Å². The quantitative estimate of drug-likeness (QED) is 0.759. The van der Waals surface area contributed by atoms with Crippen LogP contribution < -0.4 is 5.32 Å². The van der Waals surface area contributed by atoms with Crippen molar-refractivity contribution in [3.63, 3.8) is 0 Å². The van der Waals surface area contributed by atoms with Gasteiger partial charge in [0, 0.05) is 25.2 Å². The molecule has 0 unspecified atom stereocenters. The number of benzene rings is 1. The van der Waals surface area contributed by atoms with E-state index in [2.05, 4.69) is 12.2 Å². The van der Waals surface area contributed by atoms with E-state index in [1.165, 1.54) is 10.4 Å². The average molecular weight is 354 g/mol. The predicted molar refractivity (Wildman–Crippen MR) is 92.6 cm³/mol. The van der Waals surface area contributed by atoms with Crippen molar-refractivity contribution in [1.29, 1.82) is 0 Å². The number of ether oxygens (including phenoxy) is 1. The van der Waals surface area contributed by atoms with Gasteiger partial charge in [0.15, 0.2) is 0 Å². The zero-order chi connectivity index (χ0) is 17.6. The van der Waals surface area contributed by atoms with Gasteiger partial charge in [0.1, 0.15) is 0 Å². The average Bonchev–Trinajstić information content (AvgIpc) is 2.59. The lowest BCUT2D eigenvalue weighted by atomic mass is 10.1. The summed E-state index contributed by atoms with van der Waals surface area (Å²) in [4.78, 5) is 12.5. The Labute approximate surface area is 144 Å². The number of carbonyl (C=O) groups is 1. The predicted octanol–water partition coefficient (Wildman–Crippen LogP) is 1.94. The van der Waals surface area contributed by atoms with Crippen molar-refractivity contribution in [2.75, 3.05) is 32.8 Å². The number of rotatable bonds is 7. The van der Waals surface area contributed by atoms with Gasteiger partial charge in [-0.15, -0.1) is 0 Å². The molecular formula is C17H26N2O4S. The number of sulfonamides is 1. The van der Waals surface area contributed by atoms with Crippen LogP contribution in [-0.2, 0) is 14.8 Å². The summed E-state index contributed by atoms with van der Waals surface area (Å²) in [5.74, 6) is -0.220. The molecule has 1 aromatic rings. The fraction of sp³-hybridized carbons (Fsp3) is 0.588. The van der Waals surface area contributed by atoms with Crippen molar-refractivity contribution in [3.05, 3.63) is 29.3 Å². The van der Waals surface area contributed by atoms with Crippen LogP contribution in [0.4, 0.5) is 0 Å². The van der Waals surface area contributed by atoms with Gasteiger partial charge in [-0.1, -0.05) is 25.8 Å². The van der Waals surface area contributed by atoms with Crippen LogP contribution in [0.25, 0.3) is 0 Å².